The number of hydrogen-bond donors (Lipinski definition) is 1. The van der Waals surface area contributed by atoms with Gasteiger partial charge in [0.15, 0.2) is 0 Å². The lowest BCUT2D eigenvalue weighted by molar-refractivity contribution is 0.106. The van der Waals surface area contributed by atoms with E-state index in [2.05, 4.69) is 0 Å². The van der Waals surface area contributed by atoms with Gasteiger partial charge in [0.2, 0.25) is 0 Å². The summed E-state index contributed by atoms with van der Waals surface area (Å²) in [5, 5.41) is 10.6. The molecule has 0 aliphatic rings. The minimum Gasteiger partial charge on any atom is -0.497 e. The smallest absolute Gasteiger partial charge is 0.121 e. The monoisotopic (exact) mass is 248 g/mol. The number of aryl methyl sites for hydroxylation is 1. The number of hydrogen-bond acceptors (Lipinski definition) is 3. The van der Waals surface area contributed by atoms with Gasteiger partial charge in [-0.25, -0.2) is 0 Å². The standard InChI is InChI=1S/C14H16O2S/c1-10-7-8-13(17-10)14(2,15)11-5-4-6-12(9-11)16-3/h4-9,15H,1-3H3. The molecule has 1 atom stereocenters. The topological polar surface area (TPSA) is 29.5 Å². The van der Waals surface area contributed by atoms with Gasteiger partial charge in [-0.2, -0.15) is 0 Å². The van der Waals surface area contributed by atoms with E-state index in [9.17, 15) is 5.11 Å². The Morgan fingerprint density at radius 3 is 2.59 bits per heavy atom. The van der Waals surface area contributed by atoms with Crippen LogP contribution in [0.3, 0.4) is 0 Å². The summed E-state index contributed by atoms with van der Waals surface area (Å²) in [5.41, 5.74) is -0.119. The molecule has 0 saturated carbocycles. The van der Waals surface area contributed by atoms with Crippen LogP contribution in [0.25, 0.3) is 0 Å². The largest absolute Gasteiger partial charge is 0.497 e. The van der Waals surface area contributed by atoms with Gasteiger partial charge < -0.3 is 9.84 Å². The molecule has 0 aliphatic heterocycles. The summed E-state index contributed by atoms with van der Waals surface area (Å²) in [6.07, 6.45) is 0. The van der Waals surface area contributed by atoms with Crippen molar-refractivity contribution in [3.63, 3.8) is 0 Å². The molecule has 1 N–H and O–H groups in total. The van der Waals surface area contributed by atoms with E-state index < -0.39 is 5.60 Å². The van der Waals surface area contributed by atoms with Crippen molar-refractivity contribution in [2.24, 2.45) is 0 Å². The van der Waals surface area contributed by atoms with E-state index in [1.165, 1.54) is 4.88 Å². The van der Waals surface area contributed by atoms with Crippen LogP contribution in [0, 0.1) is 6.92 Å². The summed E-state index contributed by atoms with van der Waals surface area (Å²) in [5.74, 6) is 0.760. The number of benzene rings is 1. The van der Waals surface area contributed by atoms with Gasteiger partial charge in [-0.05, 0) is 43.7 Å². The minimum atomic E-state index is -0.965. The van der Waals surface area contributed by atoms with E-state index in [1.807, 2.05) is 50.2 Å². The second-order valence-electron chi connectivity index (χ2n) is 4.21. The zero-order valence-electron chi connectivity index (χ0n) is 10.2. The first kappa shape index (κ1) is 12.1. The number of ether oxygens (including phenoxy) is 1. The van der Waals surface area contributed by atoms with Gasteiger partial charge in [0.05, 0.1) is 7.11 Å². The summed E-state index contributed by atoms with van der Waals surface area (Å²) in [7, 11) is 1.63. The van der Waals surface area contributed by atoms with E-state index in [0.29, 0.717) is 0 Å². The van der Waals surface area contributed by atoms with Crippen molar-refractivity contribution in [1.29, 1.82) is 0 Å². The second-order valence-corrected chi connectivity index (χ2v) is 5.50. The Hall–Kier alpha value is -1.32. The molecule has 2 nitrogen and oxygen atoms in total. The first-order chi connectivity index (χ1) is 8.04. The SMILES string of the molecule is COc1cccc(C(C)(O)c2ccc(C)s2)c1. The molecule has 0 spiro atoms. The average molecular weight is 248 g/mol. The molecule has 90 valence electrons. The molecule has 1 aromatic carbocycles. The molecule has 1 aromatic heterocycles. The van der Waals surface area contributed by atoms with Crippen molar-refractivity contribution in [2.75, 3.05) is 7.11 Å². The summed E-state index contributed by atoms with van der Waals surface area (Å²) in [6.45, 7) is 3.85. The van der Waals surface area contributed by atoms with Crippen molar-refractivity contribution < 1.29 is 9.84 Å². The molecular formula is C14H16O2S. The average Bonchev–Trinajstić information content (AvgIpc) is 2.76. The highest BCUT2D eigenvalue weighted by Crippen LogP contribution is 2.35. The molecule has 0 saturated heterocycles. The van der Waals surface area contributed by atoms with Gasteiger partial charge in [-0.15, -0.1) is 11.3 Å². The lowest BCUT2D eigenvalue weighted by Gasteiger charge is -2.23. The van der Waals surface area contributed by atoms with Crippen LogP contribution in [0.15, 0.2) is 36.4 Å². The Balaban J connectivity index is 2.43. The zero-order chi connectivity index (χ0) is 12.5. The molecule has 1 unspecified atom stereocenters. The van der Waals surface area contributed by atoms with Crippen molar-refractivity contribution in [2.45, 2.75) is 19.4 Å². The third-order valence-electron chi connectivity index (χ3n) is 2.85. The normalized spacial score (nSPS) is 14.4. The quantitative estimate of drug-likeness (QED) is 0.903. The number of thiophene rings is 1. The maximum absolute atomic E-state index is 10.6. The van der Waals surface area contributed by atoms with Crippen LogP contribution >= 0.6 is 11.3 Å². The summed E-state index contributed by atoms with van der Waals surface area (Å²) in [4.78, 5) is 2.14. The number of methoxy groups -OCH3 is 1. The fraction of sp³-hybridized carbons (Fsp3) is 0.286. The Kier molecular flexibility index (Phi) is 3.22. The van der Waals surface area contributed by atoms with E-state index >= 15 is 0 Å². The van der Waals surface area contributed by atoms with E-state index in [1.54, 1.807) is 18.4 Å². The number of aliphatic hydroxyl groups is 1. The van der Waals surface area contributed by atoms with Crippen molar-refractivity contribution >= 4 is 11.3 Å². The molecule has 0 aliphatic carbocycles. The molecule has 2 aromatic rings. The highest BCUT2D eigenvalue weighted by atomic mass is 32.1. The molecule has 0 amide bonds. The number of rotatable bonds is 3. The van der Waals surface area contributed by atoms with Gasteiger partial charge in [-0.3, -0.25) is 0 Å². The van der Waals surface area contributed by atoms with Crippen LogP contribution in [0.2, 0.25) is 0 Å². The Morgan fingerprint density at radius 1 is 1.24 bits per heavy atom. The third-order valence-corrected chi connectivity index (χ3v) is 4.06. The Bertz CT molecular complexity index is 514. The van der Waals surface area contributed by atoms with Crippen LogP contribution in [0.4, 0.5) is 0 Å². The second kappa shape index (κ2) is 4.51. The molecule has 0 bridgehead atoms. The maximum Gasteiger partial charge on any atom is 0.121 e. The van der Waals surface area contributed by atoms with Crippen molar-refractivity contribution in [1.82, 2.24) is 0 Å². The van der Waals surface area contributed by atoms with Gasteiger partial charge >= 0.3 is 0 Å². The minimum absolute atomic E-state index is 0.760. The van der Waals surface area contributed by atoms with Gasteiger partial charge in [0, 0.05) is 9.75 Å². The first-order valence-corrected chi connectivity index (χ1v) is 6.29. The van der Waals surface area contributed by atoms with Crippen LogP contribution in [-0.4, -0.2) is 12.2 Å². The highest BCUT2D eigenvalue weighted by Gasteiger charge is 2.27. The van der Waals surface area contributed by atoms with Crippen molar-refractivity contribution in [3.05, 3.63) is 51.7 Å². The lowest BCUT2D eigenvalue weighted by atomic mass is 9.94. The van der Waals surface area contributed by atoms with Crippen molar-refractivity contribution in [3.8, 4) is 5.75 Å². The molecule has 0 radical (unpaired) electrons. The predicted octanol–water partition coefficient (Wildman–Crippen LogP) is 3.32. The van der Waals surface area contributed by atoms with Crippen LogP contribution in [0.5, 0.6) is 5.75 Å². The van der Waals surface area contributed by atoms with E-state index in [4.69, 9.17) is 4.74 Å². The Morgan fingerprint density at radius 2 is 2.00 bits per heavy atom. The summed E-state index contributed by atoms with van der Waals surface area (Å²) in [6, 6.07) is 11.5. The fourth-order valence-electron chi connectivity index (χ4n) is 1.76. The van der Waals surface area contributed by atoms with E-state index in [-0.39, 0.29) is 0 Å². The van der Waals surface area contributed by atoms with Gasteiger partial charge in [-0.1, -0.05) is 12.1 Å². The van der Waals surface area contributed by atoms with Crippen LogP contribution < -0.4 is 4.74 Å². The third kappa shape index (κ3) is 2.35. The molecular weight excluding hydrogens is 232 g/mol. The first-order valence-electron chi connectivity index (χ1n) is 5.48. The predicted molar refractivity (Wildman–Crippen MR) is 70.7 cm³/mol. The highest BCUT2D eigenvalue weighted by molar-refractivity contribution is 7.12. The van der Waals surface area contributed by atoms with E-state index in [0.717, 1.165) is 16.2 Å². The fourth-order valence-corrected chi connectivity index (χ4v) is 2.70. The lowest BCUT2D eigenvalue weighted by Crippen LogP contribution is -2.21. The van der Waals surface area contributed by atoms with Gasteiger partial charge in [0.1, 0.15) is 11.4 Å². The molecule has 2 rings (SSSR count). The molecule has 3 heteroatoms. The zero-order valence-corrected chi connectivity index (χ0v) is 11.0. The van der Waals surface area contributed by atoms with Gasteiger partial charge in [0.25, 0.3) is 0 Å². The van der Waals surface area contributed by atoms with Crippen LogP contribution in [-0.2, 0) is 5.60 Å². The molecule has 1 heterocycles. The summed E-state index contributed by atoms with van der Waals surface area (Å²) >= 11 is 1.61. The Labute approximate surface area is 105 Å². The van der Waals surface area contributed by atoms with Crippen LogP contribution in [0.1, 0.15) is 22.2 Å². The molecule has 0 fully saturated rings. The molecule has 17 heavy (non-hydrogen) atoms. The maximum atomic E-state index is 10.6. The summed E-state index contributed by atoms with van der Waals surface area (Å²) < 4.78 is 5.18.